The van der Waals surface area contributed by atoms with Crippen LogP contribution in [0.5, 0.6) is 0 Å². The third kappa shape index (κ3) is 8.86. The van der Waals surface area contributed by atoms with Gasteiger partial charge in [0, 0.05) is 35.6 Å². The molecule has 0 aliphatic rings. The zero-order valence-electron chi connectivity index (χ0n) is 24.0. The molecule has 1 N–H and O–H groups in total. The number of rotatable bonds is 13. The number of sulfonamides is 1. The molecule has 0 spiro atoms. The van der Waals surface area contributed by atoms with Crippen LogP contribution in [-0.4, -0.2) is 54.9 Å². The number of nitrogens with zero attached hydrogens (tertiary/aromatic N) is 3. The molecule has 3 aromatic rings. The molecule has 0 aliphatic carbocycles. The zero-order valence-corrected chi connectivity index (χ0v) is 26.4. The molecule has 3 rings (SSSR count). The minimum atomic E-state index is -4.06. The molecule has 10 nitrogen and oxygen atoms in total. The van der Waals surface area contributed by atoms with Crippen molar-refractivity contribution in [1.29, 1.82) is 0 Å². The van der Waals surface area contributed by atoms with E-state index in [2.05, 4.69) is 21.2 Å². The lowest BCUT2D eigenvalue weighted by molar-refractivity contribution is -0.384. The second kappa shape index (κ2) is 14.4. The number of amides is 2. The maximum absolute atomic E-state index is 14.2. The number of aryl methyl sites for hydroxylation is 1. The first-order valence-electron chi connectivity index (χ1n) is 13.4. The van der Waals surface area contributed by atoms with Crippen LogP contribution in [0.2, 0.25) is 0 Å². The number of non-ortho nitro benzene ring substituents is 1. The molecule has 0 fully saturated rings. The van der Waals surface area contributed by atoms with Gasteiger partial charge in [-0.1, -0.05) is 71.4 Å². The van der Waals surface area contributed by atoms with Crippen molar-refractivity contribution in [2.75, 3.05) is 17.1 Å². The van der Waals surface area contributed by atoms with Crippen LogP contribution in [0.25, 0.3) is 0 Å². The maximum atomic E-state index is 14.2. The van der Waals surface area contributed by atoms with Crippen molar-refractivity contribution in [1.82, 2.24) is 10.2 Å². The van der Waals surface area contributed by atoms with Crippen molar-refractivity contribution < 1.29 is 22.9 Å². The number of hydrogen-bond acceptors (Lipinski definition) is 6. The van der Waals surface area contributed by atoms with Crippen molar-refractivity contribution in [3.63, 3.8) is 0 Å². The van der Waals surface area contributed by atoms with Gasteiger partial charge in [-0.05, 0) is 49.1 Å². The SMILES string of the molecule is CCC(C)NC(=O)C(Cc1ccccc1)N(Cc1cccc(Br)c1)C(=O)CN(c1cc([N+](=O)[O-])ccc1C)S(C)(=O)=O. The normalized spacial score (nSPS) is 12.7. The molecule has 0 saturated heterocycles. The van der Waals surface area contributed by atoms with Crippen LogP contribution < -0.4 is 9.62 Å². The van der Waals surface area contributed by atoms with Crippen LogP contribution in [0.1, 0.15) is 37.0 Å². The molecule has 12 heteroatoms. The maximum Gasteiger partial charge on any atom is 0.271 e. The molecule has 0 aliphatic heterocycles. The predicted molar refractivity (Wildman–Crippen MR) is 167 cm³/mol. The minimum absolute atomic E-state index is 0.0196. The number of nitro benzene ring substituents is 1. The zero-order chi connectivity index (χ0) is 31.0. The van der Waals surface area contributed by atoms with Crippen molar-refractivity contribution in [3.05, 3.63) is 104 Å². The molecular weight excluding hydrogens is 624 g/mol. The fraction of sp³-hybridized carbons (Fsp3) is 0.333. The summed E-state index contributed by atoms with van der Waals surface area (Å²) in [5.41, 5.74) is 1.70. The highest BCUT2D eigenvalue weighted by Crippen LogP contribution is 2.28. The Bertz CT molecular complexity index is 1530. The predicted octanol–water partition coefficient (Wildman–Crippen LogP) is 4.99. The Balaban J connectivity index is 2.11. The number of nitro groups is 1. The largest absolute Gasteiger partial charge is 0.352 e. The summed E-state index contributed by atoms with van der Waals surface area (Å²) in [6.07, 6.45) is 1.81. The van der Waals surface area contributed by atoms with Crippen molar-refractivity contribution in [3.8, 4) is 0 Å². The van der Waals surface area contributed by atoms with Crippen molar-refractivity contribution in [2.45, 2.75) is 52.2 Å². The van der Waals surface area contributed by atoms with E-state index in [9.17, 15) is 28.1 Å². The number of hydrogen-bond donors (Lipinski definition) is 1. The molecule has 42 heavy (non-hydrogen) atoms. The second-order valence-corrected chi connectivity index (χ2v) is 13.0. The van der Waals surface area contributed by atoms with Gasteiger partial charge in [-0.25, -0.2) is 8.42 Å². The summed E-state index contributed by atoms with van der Waals surface area (Å²) in [6.45, 7) is 4.78. The lowest BCUT2D eigenvalue weighted by Crippen LogP contribution is -2.54. The van der Waals surface area contributed by atoms with Gasteiger partial charge in [0.05, 0.1) is 16.9 Å². The number of carbonyl (C=O) groups excluding carboxylic acids is 2. The smallest absolute Gasteiger partial charge is 0.271 e. The van der Waals surface area contributed by atoms with Gasteiger partial charge in [-0.15, -0.1) is 0 Å². The van der Waals surface area contributed by atoms with Crippen LogP contribution in [0, 0.1) is 17.0 Å². The van der Waals surface area contributed by atoms with Gasteiger partial charge in [-0.3, -0.25) is 24.0 Å². The highest BCUT2D eigenvalue weighted by molar-refractivity contribution is 9.10. The van der Waals surface area contributed by atoms with Crippen LogP contribution in [0.3, 0.4) is 0 Å². The highest BCUT2D eigenvalue weighted by Gasteiger charge is 2.34. The van der Waals surface area contributed by atoms with E-state index in [0.29, 0.717) is 12.0 Å². The summed E-state index contributed by atoms with van der Waals surface area (Å²) in [5, 5.41) is 14.4. The van der Waals surface area contributed by atoms with E-state index in [1.807, 2.05) is 68.4 Å². The first kappa shape index (κ1) is 32.7. The molecule has 0 radical (unpaired) electrons. The van der Waals surface area contributed by atoms with E-state index in [0.717, 1.165) is 32.2 Å². The van der Waals surface area contributed by atoms with Crippen molar-refractivity contribution >= 4 is 49.1 Å². The number of nitrogens with one attached hydrogen (secondary N) is 1. The Morgan fingerprint density at radius 1 is 1.02 bits per heavy atom. The van der Waals surface area contributed by atoms with Crippen LogP contribution >= 0.6 is 15.9 Å². The number of anilines is 1. The summed E-state index contributed by atoms with van der Waals surface area (Å²) < 4.78 is 27.6. The molecule has 0 bridgehead atoms. The summed E-state index contributed by atoms with van der Waals surface area (Å²) >= 11 is 3.45. The summed E-state index contributed by atoms with van der Waals surface area (Å²) in [7, 11) is -4.06. The standard InChI is InChI=1S/C30H35BrN4O6S/c1-5-22(3)32-30(37)28(17-23-10-7-6-8-11-23)33(19-24-12-9-13-25(31)16-24)29(36)20-34(42(4,40)41)27-18-26(35(38)39)15-14-21(27)2/h6-16,18,22,28H,5,17,19-20H2,1-4H3,(H,32,37). The first-order valence-corrected chi connectivity index (χ1v) is 16.0. The Kier molecular flexibility index (Phi) is 11.2. The Labute approximate surface area is 255 Å². The number of carbonyl (C=O) groups is 2. The number of benzene rings is 3. The van der Waals surface area contributed by atoms with Crippen LogP contribution in [0.15, 0.2) is 77.3 Å². The fourth-order valence-corrected chi connectivity index (χ4v) is 5.75. The minimum Gasteiger partial charge on any atom is -0.352 e. The first-order chi connectivity index (χ1) is 19.8. The Morgan fingerprint density at radius 3 is 2.29 bits per heavy atom. The van der Waals surface area contributed by atoms with Gasteiger partial charge < -0.3 is 10.2 Å². The topological polar surface area (TPSA) is 130 Å². The number of halogens is 1. The van der Waals surface area contributed by atoms with E-state index in [1.54, 1.807) is 6.92 Å². The molecular formula is C30H35BrN4O6S. The molecule has 3 aromatic carbocycles. The third-order valence-corrected chi connectivity index (χ3v) is 8.49. The summed E-state index contributed by atoms with van der Waals surface area (Å²) in [4.78, 5) is 40.1. The lowest BCUT2D eigenvalue weighted by atomic mass is 10.0. The second-order valence-electron chi connectivity index (χ2n) is 10.2. The highest BCUT2D eigenvalue weighted by atomic mass is 79.9. The van der Waals surface area contributed by atoms with Gasteiger partial charge in [0.15, 0.2) is 0 Å². The van der Waals surface area contributed by atoms with Crippen molar-refractivity contribution in [2.24, 2.45) is 0 Å². The summed E-state index contributed by atoms with van der Waals surface area (Å²) in [5.74, 6) is -1.000. The van der Waals surface area contributed by atoms with Gasteiger partial charge in [0.1, 0.15) is 12.6 Å². The van der Waals surface area contributed by atoms with Gasteiger partial charge in [0.25, 0.3) is 5.69 Å². The van der Waals surface area contributed by atoms with Crippen LogP contribution in [0.4, 0.5) is 11.4 Å². The Morgan fingerprint density at radius 2 is 1.69 bits per heavy atom. The van der Waals surface area contributed by atoms with Crippen LogP contribution in [-0.2, 0) is 32.6 Å². The van der Waals surface area contributed by atoms with Gasteiger partial charge in [-0.2, -0.15) is 0 Å². The summed E-state index contributed by atoms with van der Waals surface area (Å²) in [6, 6.07) is 19.3. The fourth-order valence-electron chi connectivity index (χ4n) is 4.40. The molecule has 2 unspecified atom stereocenters. The van der Waals surface area contributed by atoms with E-state index in [4.69, 9.17) is 0 Å². The molecule has 0 aromatic heterocycles. The molecule has 224 valence electrons. The molecule has 2 atom stereocenters. The average Bonchev–Trinajstić information content (AvgIpc) is 2.93. The van der Waals surface area contributed by atoms with E-state index >= 15 is 0 Å². The molecule has 0 saturated carbocycles. The molecule has 2 amide bonds. The third-order valence-electron chi connectivity index (χ3n) is 6.87. The Hall–Kier alpha value is -3.77. The quantitative estimate of drug-likeness (QED) is 0.204. The van der Waals surface area contributed by atoms with Gasteiger partial charge in [0.2, 0.25) is 21.8 Å². The van der Waals surface area contributed by atoms with E-state index < -0.39 is 33.4 Å². The van der Waals surface area contributed by atoms with E-state index in [-0.39, 0.29) is 36.3 Å². The van der Waals surface area contributed by atoms with E-state index in [1.165, 1.54) is 17.0 Å². The molecule has 0 heterocycles. The lowest BCUT2D eigenvalue weighted by Gasteiger charge is -2.34. The average molecular weight is 660 g/mol. The monoisotopic (exact) mass is 658 g/mol. The van der Waals surface area contributed by atoms with Gasteiger partial charge >= 0.3 is 0 Å².